The van der Waals surface area contributed by atoms with Crippen molar-refractivity contribution in [1.82, 2.24) is 29.0 Å². The molecule has 1 aliphatic rings. The van der Waals surface area contributed by atoms with Gasteiger partial charge >= 0.3 is 0 Å². The predicted octanol–water partition coefficient (Wildman–Crippen LogP) is 3.17. The molecule has 9 heteroatoms. The molecule has 1 N–H and O–H groups in total. The van der Waals surface area contributed by atoms with Gasteiger partial charge in [0.25, 0.3) is 5.56 Å². The van der Waals surface area contributed by atoms with E-state index in [1.807, 2.05) is 61.5 Å². The van der Waals surface area contributed by atoms with E-state index in [4.69, 9.17) is 0 Å². The van der Waals surface area contributed by atoms with Crippen LogP contribution in [-0.4, -0.2) is 72.8 Å². The fourth-order valence-electron chi connectivity index (χ4n) is 5.30. The van der Waals surface area contributed by atoms with Crippen LogP contribution in [0.3, 0.4) is 0 Å². The lowest BCUT2D eigenvalue weighted by Gasteiger charge is -2.38. The van der Waals surface area contributed by atoms with E-state index in [0.717, 1.165) is 23.4 Å². The van der Waals surface area contributed by atoms with E-state index < -0.39 is 5.60 Å². The highest BCUT2D eigenvalue weighted by molar-refractivity contribution is 5.77. The molecule has 0 saturated carbocycles. The number of likely N-dealkylation sites (tertiary alicyclic amines) is 1. The number of amides is 1. The highest BCUT2D eigenvalue weighted by Gasteiger charge is 2.35. The second kappa shape index (κ2) is 11.1. The molecule has 1 fully saturated rings. The summed E-state index contributed by atoms with van der Waals surface area (Å²) in [5.41, 5.74) is 2.82. The molecule has 2 aromatic carbocycles. The van der Waals surface area contributed by atoms with Gasteiger partial charge in [0.15, 0.2) is 0 Å². The molecule has 1 atom stereocenters. The van der Waals surface area contributed by atoms with Gasteiger partial charge in [-0.1, -0.05) is 61.5 Å². The van der Waals surface area contributed by atoms with Gasteiger partial charge in [-0.15, -0.1) is 0 Å². The fraction of sp³-hybridized carbons (Fsp3) is 0.400. The summed E-state index contributed by atoms with van der Waals surface area (Å²) in [7, 11) is 4.06. The molecule has 39 heavy (non-hydrogen) atoms. The number of benzene rings is 2. The first-order valence-corrected chi connectivity index (χ1v) is 13.4. The number of nitrogens with zero attached hydrogens (tertiary/aromatic N) is 6. The summed E-state index contributed by atoms with van der Waals surface area (Å²) in [5, 5.41) is 15.8. The van der Waals surface area contributed by atoms with Crippen LogP contribution in [-0.2, 0) is 17.9 Å². The van der Waals surface area contributed by atoms with Gasteiger partial charge in [-0.05, 0) is 44.0 Å². The van der Waals surface area contributed by atoms with Crippen LogP contribution in [0.4, 0.5) is 0 Å². The molecule has 204 valence electrons. The monoisotopic (exact) mass is 528 g/mol. The SMILES string of the molecule is C[C@H](CC(=O)N1CCC(O)(Cn2cnn3c(-c4ccc(CN(C)C)cc4)cnc3c2=O)CC1)c1ccccc1. The smallest absolute Gasteiger partial charge is 0.296 e. The maximum Gasteiger partial charge on any atom is 0.296 e. The zero-order chi connectivity index (χ0) is 27.6. The third kappa shape index (κ3) is 5.94. The van der Waals surface area contributed by atoms with E-state index in [-0.39, 0.29) is 29.6 Å². The Balaban J connectivity index is 1.24. The number of fused-ring (bicyclic) bond motifs is 1. The van der Waals surface area contributed by atoms with E-state index in [1.54, 1.807) is 10.7 Å². The van der Waals surface area contributed by atoms with Crippen LogP contribution < -0.4 is 5.56 Å². The van der Waals surface area contributed by atoms with Crippen molar-refractivity contribution in [3.63, 3.8) is 0 Å². The van der Waals surface area contributed by atoms with Gasteiger partial charge < -0.3 is 14.9 Å². The number of hydrogen-bond acceptors (Lipinski definition) is 6. The van der Waals surface area contributed by atoms with Crippen LogP contribution in [0.2, 0.25) is 0 Å². The summed E-state index contributed by atoms with van der Waals surface area (Å²) in [6.45, 7) is 3.93. The lowest BCUT2D eigenvalue weighted by molar-refractivity contribution is -0.136. The standard InChI is InChI=1S/C30H36N6O3/c1-22(24-7-5-4-6-8-24)17-27(37)34-15-13-30(39,14-16-34)20-35-21-32-36-26(18-31-28(36)29(35)38)25-11-9-23(10-12-25)19-33(2)3/h4-12,18,21-22,39H,13-17,19-20H2,1-3H3/t22-/m1/s1. The molecule has 0 spiro atoms. The number of aromatic nitrogens is 4. The van der Waals surface area contributed by atoms with Gasteiger partial charge in [0.1, 0.15) is 6.33 Å². The Bertz CT molecular complexity index is 1480. The van der Waals surface area contributed by atoms with Crippen molar-refractivity contribution >= 4 is 11.6 Å². The molecule has 1 amide bonds. The summed E-state index contributed by atoms with van der Waals surface area (Å²) in [6.07, 6.45) is 4.36. The van der Waals surface area contributed by atoms with Crippen molar-refractivity contribution in [3.05, 3.63) is 88.6 Å². The largest absolute Gasteiger partial charge is 0.388 e. The maximum atomic E-state index is 13.3. The zero-order valence-electron chi connectivity index (χ0n) is 22.8. The molecule has 5 rings (SSSR count). The minimum Gasteiger partial charge on any atom is -0.388 e. The van der Waals surface area contributed by atoms with Crippen molar-refractivity contribution in [1.29, 1.82) is 0 Å². The highest BCUT2D eigenvalue weighted by Crippen LogP contribution is 2.27. The van der Waals surface area contributed by atoms with Gasteiger partial charge in [0.05, 0.1) is 24.0 Å². The summed E-state index contributed by atoms with van der Waals surface area (Å²) in [4.78, 5) is 34.4. The second-order valence-electron chi connectivity index (χ2n) is 11.0. The molecule has 1 aliphatic heterocycles. The number of imidazole rings is 1. The number of rotatable bonds is 8. The Kier molecular flexibility index (Phi) is 7.63. The first-order chi connectivity index (χ1) is 18.7. The van der Waals surface area contributed by atoms with E-state index in [0.29, 0.717) is 32.4 Å². The quantitative estimate of drug-likeness (QED) is 0.378. The van der Waals surface area contributed by atoms with Crippen molar-refractivity contribution in [2.75, 3.05) is 27.2 Å². The minimum absolute atomic E-state index is 0.0910. The minimum atomic E-state index is -1.09. The average Bonchev–Trinajstić information content (AvgIpc) is 3.36. The number of carbonyl (C=O) groups is 1. The topological polar surface area (TPSA) is 96.0 Å². The molecular weight excluding hydrogens is 492 g/mol. The molecule has 2 aromatic heterocycles. The highest BCUT2D eigenvalue weighted by atomic mass is 16.3. The third-order valence-corrected chi connectivity index (χ3v) is 7.61. The average molecular weight is 529 g/mol. The molecule has 4 aromatic rings. The Morgan fingerprint density at radius 3 is 2.44 bits per heavy atom. The molecule has 0 unspecified atom stereocenters. The number of carbonyl (C=O) groups excluding carboxylic acids is 1. The van der Waals surface area contributed by atoms with Gasteiger partial charge in [-0.2, -0.15) is 5.10 Å². The summed E-state index contributed by atoms with van der Waals surface area (Å²) >= 11 is 0. The Labute approximate surface area is 228 Å². The molecule has 9 nitrogen and oxygen atoms in total. The van der Waals surface area contributed by atoms with Crippen LogP contribution >= 0.6 is 0 Å². The van der Waals surface area contributed by atoms with Crippen molar-refractivity contribution in [3.8, 4) is 11.3 Å². The summed E-state index contributed by atoms with van der Waals surface area (Å²) in [6, 6.07) is 18.2. The van der Waals surface area contributed by atoms with E-state index in [9.17, 15) is 14.7 Å². The van der Waals surface area contributed by atoms with Crippen LogP contribution in [0.15, 0.2) is 71.9 Å². The van der Waals surface area contributed by atoms with E-state index in [1.165, 1.54) is 16.5 Å². The van der Waals surface area contributed by atoms with Crippen molar-refractivity contribution in [2.45, 2.75) is 50.8 Å². The van der Waals surface area contributed by atoms with E-state index in [2.05, 4.69) is 34.0 Å². The summed E-state index contributed by atoms with van der Waals surface area (Å²) < 4.78 is 2.99. The van der Waals surface area contributed by atoms with Crippen LogP contribution in [0.25, 0.3) is 16.9 Å². The van der Waals surface area contributed by atoms with Crippen molar-refractivity contribution < 1.29 is 9.90 Å². The molecule has 0 radical (unpaired) electrons. The molecule has 1 saturated heterocycles. The lowest BCUT2D eigenvalue weighted by Crippen LogP contribution is -2.50. The normalized spacial score (nSPS) is 16.1. The first-order valence-electron chi connectivity index (χ1n) is 13.4. The van der Waals surface area contributed by atoms with Gasteiger partial charge in [0.2, 0.25) is 11.6 Å². The predicted molar refractivity (Wildman–Crippen MR) is 150 cm³/mol. The number of piperidine rings is 1. The van der Waals surface area contributed by atoms with Gasteiger partial charge in [-0.25, -0.2) is 9.50 Å². The number of hydrogen-bond donors (Lipinski definition) is 1. The Morgan fingerprint density at radius 1 is 1.08 bits per heavy atom. The van der Waals surface area contributed by atoms with Crippen LogP contribution in [0.5, 0.6) is 0 Å². The lowest BCUT2D eigenvalue weighted by atomic mass is 9.90. The van der Waals surface area contributed by atoms with Crippen LogP contribution in [0.1, 0.15) is 43.2 Å². The molecular formula is C30H36N6O3. The molecule has 0 bridgehead atoms. The summed E-state index contributed by atoms with van der Waals surface area (Å²) in [5.74, 6) is 0.222. The second-order valence-corrected chi connectivity index (χ2v) is 11.0. The van der Waals surface area contributed by atoms with Gasteiger partial charge in [0, 0.05) is 31.6 Å². The Morgan fingerprint density at radius 2 is 1.77 bits per heavy atom. The van der Waals surface area contributed by atoms with Gasteiger partial charge in [-0.3, -0.25) is 14.2 Å². The Hall–Kier alpha value is -3.82. The zero-order valence-corrected chi connectivity index (χ0v) is 22.8. The van der Waals surface area contributed by atoms with Crippen molar-refractivity contribution in [2.24, 2.45) is 0 Å². The van der Waals surface area contributed by atoms with Crippen LogP contribution in [0, 0.1) is 0 Å². The van der Waals surface area contributed by atoms with E-state index >= 15 is 0 Å². The first kappa shape index (κ1) is 26.8. The maximum absolute atomic E-state index is 13.3. The molecule has 0 aliphatic carbocycles. The third-order valence-electron chi connectivity index (χ3n) is 7.61. The number of aliphatic hydroxyl groups is 1. The fourth-order valence-corrected chi connectivity index (χ4v) is 5.30. The molecule has 3 heterocycles.